The molecule has 0 radical (unpaired) electrons. The van der Waals surface area contributed by atoms with Gasteiger partial charge in [-0.15, -0.1) is 0 Å². The third kappa shape index (κ3) is 3.85. The molecule has 0 unspecified atom stereocenters. The number of rotatable bonds is 4. The van der Waals surface area contributed by atoms with E-state index < -0.39 is 5.54 Å². The summed E-state index contributed by atoms with van der Waals surface area (Å²) in [7, 11) is 4.89. The van der Waals surface area contributed by atoms with E-state index in [2.05, 4.69) is 19.2 Å². The van der Waals surface area contributed by atoms with E-state index in [1.54, 1.807) is 23.9 Å². The monoisotopic (exact) mass is 285 g/mol. The summed E-state index contributed by atoms with van der Waals surface area (Å²) in [5, 5.41) is 3.35. The van der Waals surface area contributed by atoms with Crippen molar-refractivity contribution in [3.8, 4) is 0 Å². The summed E-state index contributed by atoms with van der Waals surface area (Å²) in [6.45, 7) is 6.09. The van der Waals surface area contributed by atoms with Crippen molar-refractivity contribution >= 4 is 12.0 Å². The van der Waals surface area contributed by atoms with Crippen LogP contribution in [0.3, 0.4) is 0 Å². The molecule has 1 rings (SSSR count). The van der Waals surface area contributed by atoms with Gasteiger partial charge in [-0.3, -0.25) is 4.79 Å². The summed E-state index contributed by atoms with van der Waals surface area (Å²) >= 11 is 0. The number of urea groups is 1. The Morgan fingerprint density at radius 3 is 2.25 bits per heavy atom. The Morgan fingerprint density at radius 1 is 1.30 bits per heavy atom. The fraction of sp³-hybridized carbons (Fsp3) is 0.857. The van der Waals surface area contributed by atoms with E-state index in [0.717, 1.165) is 6.54 Å². The molecule has 6 heteroatoms. The number of carbonyl (C=O) groups is 2. The molecule has 0 atom stereocenters. The smallest absolute Gasteiger partial charge is 0.326 e. The Kier molecular flexibility index (Phi) is 5.80. The quantitative estimate of drug-likeness (QED) is 0.780. The van der Waals surface area contributed by atoms with E-state index in [4.69, 9.17) is 4.74 Å². The highest BCUT2D eigenvalue weighted by atomic mass is 16.5. The maximum atomic E-state index is 12.1. The minimum absolute atomic E-state index is 0.00711. The van der Waals surface area contributed by atoms with Crippen LogP contribution in [0.2, 0.25) is 0 Å². The number of amides is 2. The van der Waals surface area contributed by atoms with Gasteiger partial charge in [-0.05, 0) is 25.3 Å². The van der Waals surface area contributed by atoms with Gasteiger partial charge >= 0.3 is 12.0 Å². The highest BCUT2D eigenvalue weighted by Gasteiger charge is 2.43. The minimum Gasteiger partial charge on any atom is -0.468 e. The van der Waals surface area contributed by atoms with Crippen LogP contribution in [0.25, 0.3) is 0 Å². The number of ether oxygens (including phenoxy) is 1. The third-order valence-electron chi connectivity index (χ3n) is 3.69. The number of carbonyl (C=O) groups excluding carboxylic acids is 2. The summed E-state index contributed by atoms with van der Waals surface area (Å²) in [5.41, 5.74) is -0.651. The second-order valence-corrected chi connectivity index (χ2v) is 6.01. The predicted molar refractivity (Wildman–Crippen MR) is 77.5 cm³/mol. The van der Waals surface area contributed by atoms with Crippen molar-refractivity contribution in [2.24, 2.45) is 5.92 Å². The number of piperidine rings is 1. The Hall–Kier alpha value is -1.30. The molecule has 1 aliphatic rings. The molecule has 0 aliphatic carbocycles. The Bertz CT molecular complexity index is 348. The number of methoxy groups -OCH3 is 1. The fourth-order valence-electron chi connectivity index (χ4n) is 2.41. The lowest BCUT2D eigenvalue weighted by atomic mass is 9.87. The summed E-state index contributed by atoms with van der Waals surface area (Å²) in [6, 6.07) is -0.00711. The largest absolute Gasteiger partial charge is 0.468 e. The lowest BCUT2D eigenvalue weighted by Crippen LogP contribution is -2.60. The van der Waals surface area contributed by atoms with Crippen LogP contribution in [0.5, 0.6) is 0 Å². The standard InChI is InChI=1S/C14H27N3O3/c1-11(2)10-15-14(12(18)20-5)6-8-17(9-7-14)13(19)16(3)4/h11,15H,6-10H2,1-5H3. The Labute approximate surface area is 121 Å². The lowest BCUT2D eigenvalue weighted by molar-refractivity contribution is -0.150. The van der Waals surface area contributed by atoms with Gasteiger partial charge in [0.1, 0.15) is 5.54 Å². The molecule has 20 heavy (non-hydrogen) atoms. The van der Waals surface area contributed by atoms with Gasteiger partial charge in [-0.2, -0.15) is 0 Å². The van der Waals surface area contributed by atoms with Gasteiger partial charge in [-0.1, -0.05) is 13.8 Å². The van der Waals surface area contributed by atoms with Crippen LogP contribution in [-0.4, -0.2) is 68.2 Å². The average Bonchev–Trinajstić information content (AvgIpc) is 2.43. The first-order valence-electron chi connectivity index (χ1n) is 7.12. The maximum absolute atomic E-state index is 12.1. The zero-order chi connectivity index (χ0) is 15.3. The first-order chi connectivity index (χ1) is 9.32. The molecule has 1 saturated heterocycles. The SMILES string of the molecule is COC(=O)C1(NCC(C)C)CCN(C(=O)N(C)C)CC1. The van der Waals surface area contributed by atoms with Crippen LogP contribution in [0.1, 0.15) is 26.7 Å². The molecule has 1 aliphatic heterocycles. The number of nitrogens with one attached hydrogen (secondary N) is 1. The highest BCUT2D eigenvalue weighted by Crippen LogP contribution is 2.24. The number of likely N-dealkylation sites (tertiary alicyclic amines) is 1. The van der Waals surface area contributed by atoms with Gasteiger partial charge in [-0.25, -0.2) is 4.79 Å². The van der Waals surface area contributed by atoms with Crippen molar-refractivity contribution in [1.29, 1.82) is 0 Å². The molecular formula is C14H27N3O3. The molecule has 0 saturated carbocycles. The number of nitrogens with zero attached hydrogens (tertiary/aromatic N) is 2. The fourth-order valence-corrected chi connectivity index (χ4v) is 2.41. The van der Waals surface area contributed by atoms with Crippen LogP contribution < -0.4 is 5.32 Å². The normalized spacial score (nSPS) is 18.0. The predicted octanol–water partition coefficient (Wildman–Crippen LogP) is 0.921. The maximum Gasteiger partial charge on any atom is 0.326 e. The minimum atomic E-state index is -0.651. The van der Waals surface area contributed by atoms with Gasteiger partial charge in [0.2, 0.25) is 0 Å². The van der Waals surface area contributed by atoms with Crippen LogP contribution in [0.4, 0.5) is 4.79 Å². The summed E-state index contributed by atoms with van der Waals surface area (Å²) in [6.07, 6.45) is 1.18. The molecule has 0 bridgehead atoms. The molecule has 0 aromatic carbocycles. The van der Waals surface area contributed by atoms with E-state index in [1.807, 2.05) is 0 Å². The van der Waals surface area contributed by atoms with Crippen LogP contribution in [0, 0.1) is 5.92 Å². The molecule has 2 amide bonds. The molecule has 0 spiro atoms. The van der Waals surface area contributed by atoms with Crippen molar-refractivity contribution in [3.05, 3.63) is 0 Å². The molecule has 116 valence electrons. The topological polar surface area (TPSA) is 61.9 Å². The zero-order valence-corrected chi connectivity index (χ0v) is 13.2. The second kappa shape index (κ2) is 6.92. The van der Waals surface area contributed by atoms with E-state index in [9.17, 15) is 9.59 Å². The molecule has 1 fully saturated rings. The van der Waals surface area contributed by atoms with Crippen molar-refractivity contribution in [3.63, 3.8) is 0 Å². The van der Waals surface area contributed by atoms with E-state index in [1.165, 1.54) is 7.11 Å². The van der Waals surface area contributed by atoms with Crippen molar-refractivity contribution in [1.82, 2.24) is 15.1 Å². The average molecular weight is 285 g/mol. The Morgan fingerprint density at radius 2 is 1.85 bits per heavy atom. The van der Waals surface area contributed by atoms with Gasteiger partial charge < -0.3 is 19.9 Å². The van der Waals surface area contributed by atoms with E-state index in [0.29, 0.717) is 31.8 Å². The molecule has 1 N–H and O–H groups in total. The third-order valence-corrected chi connectivity index (χ3v) is 3.69. The van der Waals surface area contributed by atoms with Crippen molar-refractivity contribution < 1.29 is 14.3 Å². The molecule has 0 aromatic heterocycles. The number of esters is 1. The molecular weight excluding hydrogens is 258 g/mol. The number of hydrogen-bond donors (Lipinski definition) is 1. The Balaban J connectivity index is 2.71. The van der Waals surface area contributed by atoms with E-state index in [-0.39, 0.29) is 12.0 Å². The number of hydrogen-bond acceptors (Lipinski definition) is 4. The molecule has 1 heterocycles. The lowest BCUT2D eigenvalue weighted by Gasteiger charge is -2.41. The molecule has 0 aromatic rings. The summed E-state index contributed by atoms with van der Waals surface area (Å²) in [4.78, 5) is 27.4. The first-order valence-corrected chi connectivity index (χ1v) is 7.12. The van der Waals surface area contributed by atoms with Crippen LogP contribution in [-0.2, 0) is 9.53 Å². The van der Waals surface area contributed by atoms with Crippen molar-refractivity contribution in [2.45, 2.75) is 32.2 Å². The van der Waals surface area contributed by atoms with E-state index >= 15 is 0 Å². The van der Waals surface area contributed by atoms with Gasteiger partial charge in [0.05, 0.1) is 7.11 Å². The molecule has 6 nitrogen and oxygen atoms in total. The van der Waals surface area contributed by atoms with Gasteiger partial charge in [0.25, 0.3) is 0 Å². The first kappa shape index (κ1) is 16.8. The summed E-state index contributed by atoms with van der Waals surface area (Å²) in [5.74, 6) is 0.230. The van der Waals surface area contributed by atoms with Gasteiger partial charge in [0, 0.05) is 27.2 Å². The highest BCUT2D eigenvalue weighted by molar-refractivity contribution is 5.82. The summed E-state index contributed by atoms with van der Waals surface area (Å²) < 4.78 is 4.95. The van der Waals surface area contributed by atoms with Crippen LogP contribution in [0.15, 0.2) is 0 Å². The van der Waals surface area contributed by atoms with Crippen molar-refractivity contribution in [2.75, 3.05) is 40.8 Å². The van der Waals surface area contributed by atoms with Gasteiger partial charge in [0.15, 0.2) is 0 Å². The van der Waals surface area contributed by atoms with Crippen LogP contribution >= 0.6 is 0 Å². The second-order valence-electron chi connectivity index (χ2n) is 6.01. The zero-order valence-electron chi connectivity index (χ0n) is 13.2.